The van der Waals surface area contributed by atoms with Crippen LogP contribution < -0.4 is 4.90 Å². The molecule has 0 saturated carbocycles. The molecule has 2 heterocycles. The molecule has 4 nitrogen and oxygen atoms in total. The number of hydrogen-bond acceptors (Lipinski definition) is 4. The van der Waals surface area contributed by atoms with Gasteiger partial charge in [-0.25, -0.2) is 4.39 Å². The Morgan fingerprint density at radius 1 is 1.19 bits per heavy atom. The maximum atomic E-state index is 14.0. The number of anilines is 1. The molecule has 0 bridgehead atoms. The van der Waals surface area contributed by atoms with Gasteiger partial charge in [0.2, 0.25) is 0 Å². The molecule has 0 spiro atoms. The van der Waals surface area contributed by atoms with Crippen LogP contribution in [0.4, 0.5) is 14.9 Å². The summed E-state index contributed by atoms with van der Waals surface area (Å²) in [5.74, 6) is -0.893. The van der Waals surface area contributed by atoms with Crippen LogP contribution in [-0.2, 0) is 11.3 Å². The van der Waals surface area contributed by atoms with E-state index in [0.29, 0.717) is 16.1 Å². The molecule has 2 aromatic rings. The number of nitrogens with zero attached hydrogens (tertiary/aromatic N) is 2. The van der Waals surface area contributed by atoms with Gasteiger partial charge >= 0.3 is 0 Å². The number of halogens is 2. The lowest BCUT2D eigenvalue weighted by atomic mass is 9.88. The summed E-state index contributed by atoms with van der Waals surface area (Å²) in [6, 6.07) is 9.96. The number of carbonyl (C=O) groups is 2. The first-order valence-electron chi connectivity index (χ1n) is 9.84. The molecule has 2 amide bonds. The zero-order valence-corrected chi connectivity index (χ0v) is 19.3. The molecule has 2 aliphatic heterocycles. The highest BCUT2D eigenvalue weighted by molar-refractivity contribution is 8.18. The van der Waals surface area contributed by atoms with Crippen molar-refractivity contribution >= 4 is 51.8 Å². The van der Waals surface area contributed by atoms with Gasteiger partial charge < -0.3 is 4.90 Å². The maximum absolute atomic E-state index is 14.0. The molecule has 1 saturated heterocycles. The number of allylic oxidation sites excluding steroid dienone is 1. The summed E-state index contributed by atoms with van der Waals surface area (Å²) in [6.07, 6.45) is 3.83. The number of benzene rings is 2. The predicted octanol–water partition coefficient (Wildman–Crippen LogP) is 6.35. The Labute approximate surface area is 190 Å². The summed E-state index contributed by atoms with van der Waals surface area (Å²) in [7, 11) is 2.02. The zero-order valence-electron chi connectivity index (χ0n) is 17.7. The summed E-state index contributed by atoms with van der Waals surface area (Å²) in [5, 5.41) is 0.0724. The summed E-state index contributed by atoms with van der Waals surface area (Å²) >= 11 is 7.40. The number of rotatable bonds is 3. The molecular weight excluding hydrogens is 435 g/mol. The van der Waals surface area contributed by atoms with Crippen molar-refractivity contribution in [2.24, 2.45) is 0 Å². The van der Waals surface area contributed by atoms with Gasteiger partial charge in [-0.05, 0) is 67.9 Å². The minimum Gasteiger partial charge on any atom is -0.365 e. The zero-order chi connectivity index (χ0) is 22.5. The predicted molar refractivity (Wildman–Crippen MR) is 125 cm³/mol. The first-order chi connectivity index (χ1) is 14.6. The van der Waals surface area contributed by atoms with Crippen LogP contribution in [0.3, 0.4) is 0 Å². The van der Waals surface area contributed by atoms with Gasteiger partial charge in [-0.1, -0.05) is 35.9 Å². The molecule has 1 fully saturated rings. The van der Waals surface area contributed by atoms with Crippen LogP contribution in [0, 0.1) is 5.82 Å². The average Bonchev–Trinajstić information content (AvgIpc) is 2.96. The molecule has 4 rings (SSSR count). The smallest absolute Gasteiger partial charge is 0.293 e. The number of hydrogen-bond donors (Lipinski definition) is 0. The van der Waals surface area contributed by atoms with E-state index in [4.69, 9.17) is 11.6 Å². The second-order valence-corrected chi connectivity index (χ2v) is 9.69. The highest BCUT2D eigenvalue weighted by Gasteiger charge is 2.36. The van der Waals surface area contributed by atoms with Crippen molar-refractivity contribution in [3.63, 3.8) is 0 Å². The van der Waals surface area contributed by atoms with E-state index in [1.54, 1.807) is 24.3 Å². The Balaban J connectivity index is 1.67. The van der Waals surface area contributed by atoms with E-state index in [-0.39, 0.29) is 17.0 Å². The van der Waals surface area contributed by atoms with E-state index >= 15 is 0 Å². The van der Waals surface area contributed by atoms with Gasteiger partial charge in [-0.3, -0.25) is 14.5 Å². The molecule has 160 valence electrons. The molecule has 0 aliphatic carbocycles. The van der Waals surface area contributed by atoms with Crippen LogP contribution in [0.2, 0.25) is 5.02 Å². The number of thioether (sulfide) groups is 1. The fourth-order valence-corrected chi connectivity index (χ4v) is 4.91. The molecule has 0 N–H and O–H groups in total. The van der Waals surface area contributed by atoms with Crippen molar-refractivity contribution in [3.05, 3.63) is 74.9 Å². The van der Waals surface area contributed by atoms with E-state index in [1.165, 1.54) is 6.07 Å². The number of carbonyl (C=O) groups excluding carboxylic acids is 2. The first-order valence-corrected chi connectivity index (χ1v) is 11.0. The van der Waals surface area contributed by atoms with Gasteiger partial charge in [0, 0.05) is 28.9 Å². The van der Waals surface area contributed by atoms with Crippen molar-refractivity contribution in [2.75, 3.05) is 11.9 Å². The van der Waals surface area contributed by atoms with Gasteiger partial charge in [0.25, 0.3) is 11.1 Å². The number of imide groups is 1. The topological polar surface area (TPSA) is 40.6 Å². The van der Waals surface area contributed by atoms with Gasteiger partial charge in [0.15, 0.2) is 0 Å². The standard InChI is InChI=1S/C24H22ClFN2O2S/c1-14-12-24(2,3)27(4)20-11-18(25)16(9-17(14)20)10-21-22(29)28(23(30)31-21)13-15-7-5-6-8-19(15)26/h5-12H,13H2,1-4H3/b21-10-. The van der Waals surface area contributed by atoms with E-state index in [2.05, 4.69) is 24.8 Å². The molecule has 31 heavy (non-hydrogen) atoms. The third-order valence-electron chi connectivity index (χ3n) is 5.78. The number of likely N-dealkylation sites (N-methyl/N-ethyl adjacent to an activating group) is 1. The quantitative estimate of drug-likeness (QED) is 0.505. The summed E-state index contributed by atoms with van der Waals surface area (Å²) in [4.78, 5) is 28.8. The number of amides is 2. The van der Waals surface area contributed by atoms with Crippen molar-refractivity contribution in [2.45, 2.75) is 32.9 Å². The lowest BCUT2D eigenvalue weighted by Crippen LogP contribution is -2.42. The second kappa shape index (κ2) is 7.84. The summed E-state index contributed by atoms with van der Waals surface area (Å²) < 4.78 is 14.0. The van der Waals surface area contributed by atoms with Crippen LogP contribution >= 0.6 is 23.4 Å². The molecule has 0 radical (unpaired) electrons. The molecule has 0 atom stereocenters. The van der Waals surface area contributed by atoms with Crippen LogP contribution in [0.15, 0.2) is 47.4 Å². The van der Waals surface area contributed by atoms with Crippen molar-refractivity contribution < 1.29 is 14.0 Å². The SMILES string of the molecule is CC1=CC(C)(C)N(C)c2cc(Cl)c(/C=C3\SC(=O)N(Cc4ccccc4F)C3=O)cc21. The van der Waals surface area contributed by atoms with E-state index < -0.39 is 17.0 Å². The Kier molecular flexibility index (Phi) is 5.48. The Bertz CT molecular complexity index is 1170. The minimum atomic E-state index is -0.447. The fraction of sp³-hybridized carbons (Fsp3) is 0.250. The fourth-order valence-electron chi connectivity index (χ4n) is 3.87. The van der Waals surface area contributed by atoms with Crippen LogP contribution in [0.5, 0.6) is 0 Å². The Hall–Kier alpha value is -2.57. The van der Waals surface area contributed by atoms with E-state index in [0.717, 1.165) is 33.5 Å². The van der Waals surface area contributed by atoms with Gasteiger partial charge in [-0.15, -0.1) is 0 Å². The van der Waals surface area contributed by atoms with Gasteiger partial charge in [0.05, 0.1) is 17.0 Å². The monoisotopic (exact) mass is 456 g/mol. The van der Waals surface area contributed by atoms with Crippen molar-refractivity contribution in [1.82, 2.24) is 4.90 Å². The molecule has 2 aromatic carbocycles. The van der Waals surface area contributed by atoms with Crippen LogP contribution in [0.1, 0.15) is 37.5 Å². The maximum Gasteiger partial charge on any atom is 0.293 e. The summed E-state index contributed by atoms with van der Waals surface area (Å²) in [5.41, 5.74) is 3.99. The van der Waals surface area contributed by atoms with E-state index in [9.17, 15) is 14.0 Å². The lowest BCUT2D eigenvalue weighted by Gasteiger charge is -2.40. The largest absolute Gasteiger partial charge is 0.365 e. The first kappa shape index (κ1) is 21.7. The van der Waals surface area contributed by atoms with Gasteiger partial charge in [-0.2, -0.15) is 0 Å². The highest BCUT2D eigenvalue weighted by Crippen LogP contribution is 2.42. The normalized spacial score (nSPS) is 19.2. The number of fused-ring (bicyclic) bond motifs is 1. The van der Waals surface area contributed by atoms with Crippen LogP contribution in [-0.4, -0.2) is 28.6 Å². The molecule has 0 unspecified atom stereocenters. The molecule has 0 aromatic heterocycles. The molecular formula is C24H22ClFN2O2S. The molecule has 7 heteroatoms. The third kappa shape index (κ3) is 3.90. The minimum absolute atomic E-state index is 0.103. The van der Waals surface area contributed by atoms with Crippen LogP contribution in [0.25, 0.3) is 11.6 Å². The summed E-state index contributed by atoms with van der Waals surface area (Å²) in [6.45, 7) is 6.21. The van der Waals surface area contributed by atoms with Gasteiger partial charge in [0.1, 0.15) is 5.82 Å². The van der Waals surface area contributed by atoms with Crippen molar-refractivity contribution in [3.8, 4) is 0 Å². The lowest BCUT2D eigenvalue weighted by molar-refractivity contribution is -0.123. The van der Waals surface area contributed by atoms with E-state index in [1.807, 2.05) is 26.1 Å². The molecule has 2 aliphatic rings. The second-order valence-electron chi connectivity index (χ2n) is 8.29. The average molecular weight is 457 g/mol. The third-order valence-corrected chi connectivity index (χ3v) is 7.02. The Morgan fingerprint density at radius 3 is 2.61 bits per heavy atom. The Morgan fingerprint density at radius 2 is 1.90 bits per heavy atom. The highest BCUT2D eigenvalue weighted by atomic mass is 35.5. The van der Waals surface area contributed by atoms with Crippen molar-refractivity contribution in [1.29, 1.82) is 0 Å².